The Morgan fingerprint density at radius 1 is 1.10 bits per heavy atom. The van der Waals surface area contributed by atoms with Gasteiger partial charge in [0, 0.05) is 37.2 Å². The number of nitrogens with zero attached hydrogens (tertiary/aromatic N) is 4. The lowest BCUT2D eigenvalue weighted by atomic mass is 10.2. The molecular weight excluding hydrogens is 468 g/mol. The van der Waals surface area contributed by atoms with E-state index in [-0.39, 0.29) is 4.90 Å². The van der Waals surface area contributed by atoms with Crippen LogP contribution in [0, 0.1) is 0 Å². The van der Waals surface area contributed by atoms with Gasteiger partial charge < -0.3 is 9.30 Å². The van der Waals surface area contributed by atoms with Gasteiger partial charge in [-0.2, -0.15) is 0 Å². The zero-order chi connectivity index (χ0) is 22.1. The summed E-state index contributed by atoms with van der Waals surface area (Å²) in [6.45, 7) is 4.12. The largest absolute Gasteiger partial charge is 0.496 e. The van der Waals surface area contributed by atoms with Crippen molar-refractivity contribution in [1.82, 2.24) is 18.8 Å². The fraction of sp³-hybridized carbons (Fsp3) is 0.381. The number of benzene rings is 2. The van der Waals surface area contributed by atoms with E-state index in [1.165, 1.54) is 18.4 Å². The maximum Gasteiger partial charge on any atom is 0.242 e. The summed E-state index contributed by atoms with van der Waals surface area (Å²) in [6.07, 6.45) is 0. The van der Waals surface area contributed by atoms with Crippen LogP contribution in [0.3, 0.4) is 0 Å². The van der Waals surface area contributed by atoms with Gasteiger partial charge in [0.25, 0.3) is 0 Å². The van der Waals surface area contributed by atoms with Crippen LogP contribution >= 0.6 is 15.9 Å². The number of hydrogen-bond donors (Lipinski definition) is 0. The highest BCUT2D eigenvalue weighted by molar-refractivity contribution is 9.10. The van der Waals surface area contributed by atoms with Gasteiger partial charge in [0.2, 0.25) is 10.0 Å². The predicted octanol–water partition coefficient (Wildman–Crippen LogP) is 3.71. The van der Waals surface area contributed by atoms with Gasteiger partial charge in [-0.3, -0.25) is 4.90 Å². The molecule has 7 nitrogen and oxygen atoms in total. The monoisotopic (exact) mass is 494 g/mol. The lowest BCUT2D eigenvalue weighted by molar-refractivity contribution is 0.298. The first kappa shape index (κ1) is 22.7. The first-order chi connectivity index (χ1) is 14.2. The number of methoxy groups -OCH3 is 1. The van der Waals surface area contributed by atoms with Gasteiger partial charge in [-0.25, -0.2) is 17.7 Å². The smallest absolute Gasteiger partial charge is 0.242 e. The van der Waals surface area contributed by atoms with E-state index in [9.17, 15) is 8.42 Å². The Morgan fingerprint density at radius 3 is 2.47 bits per heavy atom. The molecule has 30 heavy (non-hydrogen) atoms. The first-order valence-corrected chi connectivity index (χ1v) is 11.8. The van der Waals surface area contributed by atoms with E-state index in [4.69, 9.17) is 9.72 Å². The van der Waals surface area contributed by atoms with E-state index < -0.39 is 10.0 Å². The number of sulfonamides is 1. The van der Waals surface area contributed by atoms with Crippen molar-refractivity contribution in [1.29, 1.82) is 0 Å². The summed E-state index contributed by atoms with van der Waals surface area (Å²) in [5, 5.41) is 0. The zero-order valence-electron chi connectivity index (χ0n) is 17.9. The lowest BCUT2D eigenvalue weighted by Gasteiger charge is -2.19. The van der Waals surface area contributed by atoms with Crippen LogP contribution in [0.2, 0.25) is 0 Å². The van der Waals surface area contributed by atoms with Crippen molar-refractivity contribution in [2.24, 2.45) is 0 Å². The van der Waals surface area contributed by atoms with Crippen LogP contribution in [0.25, 0.3) is 11.0 Å². The lowest BCUT2D eigenvalue weighted by Crippen LogP contribution is -2.22. The maximum absolute atomic E-state index is 12.5. The van der Waals surface area contributed by atoms with E-state index in [2.05, 4.69) is 38.4 Å². The average Bonchev–Trinajstić information content (AvgIpc) is 3.03. The van der Waals surface area contributed by atoms with Gasteiger partial charge in [0.15, 0.2) is 0 Å². The normalized spacial score (nSPS) is 12.3. The van der Waals surface area contributed by atoms with Crippen molar-refractivity contribution >= 4 is 37.0 Å². The number of imidazole rings is 1. The second-order valence-electron chi connectivity index (χ2n) is 7.34. The molecule has 0 aliphatic carbocycles. The molecule has 0 saturated heterocycles. The van der Waals surface area contributed by atoms with Crippen LogP contribution < -0.4 is 4.74 Å². The molecule has 0 unspecified atom stereocenters. The Morgan fingerprint density at radius 2 is 1.83 bits per heavy atom. The number of ether oxygens (including phenoxy) is 1. The Hall–Kier alpha value is -1.94. The van der Waals surface area contributed by atoms with Gasteiger partial charge in [0.05, 0.1) is 29.6 Å². The summed E-state index contributed by atoms with van der Waals surface area (Å²) in [4.78, 5) is 7.17. The van der Waals surface area contributed by atoms with Crippen LogP contribution in [-0.2, 0) is 29.7 Å². The Kier molecular flexibility index (Phi) is 6.86. The van der Waals surface area contributed by atoms with Crippen molar-refractivity contribution in [3.63, 3.8) is 0 Å². The number of fused-ring (bicyclic) bond motifs is 1. The minimum atomic E-state index is -3.50. The van der Waals surface area contributed by atoms with Gasteiger partial charge in [-0.1, -0.05) is 15.9 Å². The second-order valence-corrected chi connectivity index (χ2v) is 10.4. The molecule has 9 heteroatoms. The summed E-state index contributed by atoms with van der Waals surface area (Å²) in [6, 6.07) is 11.1. The first-order valence-electron chi connectivity index (χ1n) is 9.60. The quantitative estimate of drug-likeness (QED) is 0.477. The Bertz CT molecular complexity index is 1160. The molecule has 0 saturated carbocycles. The van der Waals surface area contributed by atoms with Crippen molar-refractivity contribution < 1.29 is 13.2 Å². The Balaban J connectivity index is 1.91. The summed E-state index contributed by atoms with van der Waals surface area (Å²) >= 11 is 3.52. The van der Waals surface area contributed by atoms with E-state index >= 15 is 0 Å². The van der Waals surface area contributed by atoms with Crippen LogP contribution in [0.1, 0.15) is 18.3 Å². The molecule has 0 aliphatic heterocycles. The van der Waals surface area contributed by atoms with Gasteiger partial charge in [-0.15, -0.1) is 0 Å². The zero-order valence-corrected chi connectivity index (χ0v) is 20.3. The minimum absolute atomic E-state index is 0.250. The third-order valence-electron chi connectivity index (χ3n) is 4.99. The van der Waals surface area contributed by atoms with E-state index in [1.807, 2.05) is 25.2 Å². The van der Waals surface area contributed by atoms with Crippen LogP contribution in [0.4, 0.5) is 0 Å². The molecule has 0 aliphatic rings. The molecule has 1 heterocycles. The van der Waals surface area contributed by atoms with Crippen molar-refractivity contribution in [2.75, 3.05) is 28.3 Å². The van der Waals surface area contributed by atoms with E-state index in [0.29, 0.717) is 18.6 Å². The van der Waals surface area contributed by atoms with Crippen molar-refractivity contribution in [3.05, 3.63) is 52.3 Å². The van der Waals surface area contributed by atoms with Crippen LogP contribution in [-0.4, -0.2) is 55.4 Å². The van der Waals surface area contributed by atoms with Crippen molar-refractivity contribution in [2.45, 2.75) is 31.5 Å². The summed E-state index contributed by atoms with van der Waals surface area (Å²) in [5.41, 5.74) is 2.69. The summed E-state index contributed by atoms with van der Waals surface area (Å²) in [5.74, 6) is 1.73. The maximum atomic E-state index is 12.5. The fourth-order valence-electron chi connectivity index (χ4n) is 3.46. The average molecular weight is 495 g/mol. The number of halogens is 1. The molecule has 0 atom stereocenters. The molecule has 3 aromatic rings. The molecule has 3 rings (SSSR count). The fourth-order valence-corrected chi connectivity index (χ4v) is 4.79. The molecule has 1 aromatic heterocycles. The number of rotatable bonds is 8. The SMILES string of the molecule is CCn1c(CN(C)Cc2cc(Br)ccc2OC)nc2cc(S(=O)(=O)N(C)C)ccc21. The molecule has 0 fully saturated rings. The van der Waals surface area contributed by atoms with Crippen LogP contribution in [0.15, 0.2) is 45.8 Å². The number of aryl methyl sites for hydroxylation is 1. The number of hydrogen-bond acceptors (Lipinski definition) is 5. The molecule has 0 radical (unpaired) electrons. The Labute approximate surface area is 186 Å². The molecule has 0 N–H and O–H groups in total. The predicted molar refractivity (Wildman–Crippen MR) is 122 cm³/mol. The third-order valence-corrected chi connectivity index (χ3v) is 7.29. The minimum Gasteiger partial charge on any atom is -0.496 e. The van der Waals surface area contributed by atoms with Gasteiger partial charge in [-0.05, 0) is 50.4 Å². The molecule has 2 aromatic carbocycles. The summed E-state index contributed by atoms with van der Waals surface area (Å²) in [7, 11) is 3.26. The van der Waals surface area contributed by atoms with E-state index in [1.54, 1.807) is 19.2 Å². The molecule has 0 bridgehead atoms. The van der Waals surface area contributed by atoms with Crippen LogP contribution in [0.5, 0.6) is 5.75 Å². The molecule has 162 valence electrons. The molecule has 0 amide bonds. The highest BCUT2D eigenvalue weighted by Crippen LogP contribution is 2.26. The van der Waals surface area contributed by atoms with Crippen molar-refractivity contribution in [3.8, 4) is 5.75 Å². The standard InChI is InChI=1S/C21H27BrN4O3S/c1-6-26-19-9-8-17(30(27,28)24(2)3)12-18(19)23-21(26)14-25(4)13-15-11-16(22)7-10-20(15)29-5/h7-12H,6,13-14H2,1-5H3. The van der Waals surface area contributed by atoms with E-state index in [0.717, 1.165) is 33.7 Å². The highest BCUT2D eigenvalue weighted by Gasteiger charge is 2.20. The second kappa shape index (κ2) is 9.05. The topological polar surface area (TPSA) is 67.7 Å². The summed E-state index contributed by atoms with van der Waals surface area (Å²) < 4.78 is 34.8. The number of aromatic nitrogens is 2. The van der Waals surface area contributed by atoms with Gasteiger partial charge >= 0.3 is 0 Å². The highest BCUT2D eigenvalue weighted by atomic mass is 79.9. The molecule has 0 spiro atoms. The molecular formula is C21H27BrN4O3S. The third kappa shape index (κ3) is 4.54. The van der Waals surface area contributed by atoms with Gasteiger partial charge in [0.1, 0.15) is 11.6 Å².